The van der Waals surface area contributed by atoms with Crippen molar-refractivity contribution < 1.29 is 24.2 Å². The Morgan fingerprint density at radius 1 is 1.28 bits per heavy atom. The molecule has 1 aliphatic carbocycles. The van der Waals surface area contributed by atoms with E-state index in [2.05, 4.69) is 5.32 Å². The van der Waals surface area contributed by atoms with Gasteiger partial charge in [0.1, 0.15) is 11.4 Å². The van der Waals surface area contributed by atoms with Crippen LogP contribution in [0.1, 0.15) is 45.2 Å². The van der Waals surface area contributed by atoms with Gasteiger partial charge in [0.15, 0.2) is 6.10 Å². The number of hydrogen-bond acceptors (Lipinski definition) is 4. The number of ether oxygens (including phenoxy) is 2. The van der Waals surface area contributed by atoms with E-state index in [4.69, 9.17) is 14.6 Å². The Balaban J connectivity index is 1.90. The molecule has 0 fully saturated rings. The number of nitrogens with one attached hydrogen (secondary N) is 1. The largest absolute Gasteiger partial charge is 0.479 e. The van der Waals surface area contributed by atoms with E-state index in [9.17, 15) is 9.59 Å². The molecule has 0 radical (unpaired) electrons. The minimum Gasteiger partial charge on any atom is -0.479 e. The van der Waals surface area contributed by atoms with Gasteiger partial charge in [-0.1, -0.05) is 13.0 Å². The standard InChI is InChI=1S/C19H27NO5/c1-5-16(17(21)22)24-15-7-6-13-8-12(9-14(13)10-15)11-20-18(23)25-19(2,3)4/h6-7,10,12,16H,5,8-9,11H2,1-4H3,(H,20,23)(H,21,22). The molecular formula is C19H27NO5. The van der Waals surface area contributed by atoms with Gasteiger partial charge < -0.3 is 19.9 Å². The molecule has 6 heteroatoms. The van der Waals surface area contributed by atoms with Crippen molar-refractivity contribution in [1.82, 2.24) is 5.32 Å². The van der Waals surface area contributed by atoms with Crippen LogP contribution < -0.4 is 10.1 Å². The van der Waals surface area contributed by atoms with E-state index in [0.29, 0.717) is 24.6 Å². The van der Waals surface area contributed by atoms with Crippen LogP contribution >= 0.6 is 0 Å². The van der Waals surface area contributed by atoms with Crippen LogP contribution in [0.15, 0.2) is 18.2 Å². The molecule has 0 spiro atoms. The van der Waals surface area contributed by atoms with E-state index in [1.165, 1.54) is 5.56 Å². The quantitative estimate of drug-likeness (QED) is 0.824. The number of carbonyl (C=O) groups is 2. The van der Waals surface area contributed by atoms with Crippen molar-refractivity contribution in [3.63, 3.8) is 0 Å². The summed E-state index contributed by atoms with van der Waals surface area (Å²) in [6, 6.07) is 5.70. The Labute approximate surface area is 148 Å². The Morgan fingerprint density at radius 3 is 2.56 bits per heavy atom. The molecule has 0 saturated heterocycles. The molecule has 1 aliphatic rings. The first-order valence-corrected chi connectivity index (χ1v) is 8.66. The number of rotatable bonds is 6. The molecule has 25 heavy (non-hydrogen) atoms. The number of benzene rings is 1. The summed E-state index contributed by atoms with van der Waals surface area (Å²) in [5.74, 6) is -0.0737. The fourth-order valence-electron chi connectivity index (χ4n) is 2.92. The summed E-state index contributed by atoms with van der Waals surface area (Å²) in [6.07, 6.45) is 0.881. The lowest BCUT2D eigenvalue weighted by molar-refractivity contribution is -0.145. The maximum Gasteiger partial charge on any atom is 0.407 e. The molecule has 2 rings (SSSR count). The molecular weight excluding hydrogens is 322 g/mol. The van der Waals surface area contributed by atoms with Crippen LogP contribution in [0.5, 0.6) is 5.75 Å². The molecule has 2 unspecified atom stereocenters. The predicted molar refractivity (Wildman–Crippen MR) is 93.9 cm³/mol. The van der Waals surface area contributed by atoms with Crippen molar-refractivity contribution in [3.8, 4) is 5.75 Å². The molecule has 0 saturated carbocycles. The van der Waals surface area contributed by atoms with Gasteiger partial charge in [0.25, 0.3) is 0 Å². The highest BCUT2D eigenvalue weighted by molar-refractivity contribution is 5.72. The summed E-state index contributed by atoms with van der Waals surface area (Å²) in [5, 5.41) is 11.9. The van der Waals surface area contributed by atoms with Gasteiger partial charge in [-0.2, -0.15) is 0 Å². The third-order valence-corrected chi connectivity index (χ3v) is 4.05. The summed E-state index contributed by atoms with van der Waals surface area (Å²) < 4.78 is 10.8. The Morgan fingerprint density at radius 2 is 1.96 bits per heavy atom. The van der Waals surface area contributed by atoms with Gasteiger partial charge in [-0.25, -0.2) is 9.59 Å². The summed E-state index contributed by atoms with van der Waals surface area (Å²) in [7, 11) is 0. The summed E-state index contributed by atoms with van der Waals surface area (Å²) in [4.78, 5) is 22.8. The highest BCUT2D eigenvalue weighted by Crippen LogP contribution is 2.30. The van der Waals surface area contributed by atoms with Gasteiger partial charge >= 0.3 is 12.1 Å². The number of alkyl carbamates (subject to hydrolysis) is 1. The Kier molecular flexibility index (Phi) is 5.93. The zero-order valence-corrected chi connectivity index (χ0v) is 15.3. The average molecular weight is 349 g/mol. The number of amides is 1. The van der Waals surface area contributed by atoms with Gasteiger partial charge in [-0.3, -0.25) is 0 Å². The summed E-state index contributed by atoms with van der Waals surface area (Å²) >= 11 is 0. The van der Waals surface area contributed by atoms with Crippen molar-refractivity contribution in [2.75, 3.05) is 6.54 Å². The molecule has 2 atom stereocenters. The molecule has 0 aromatic heterocycles. The second kappa shape index (κ2) is 7.76. The minimum atomic E-state index is -0.956. The third-order valence-electron chi connectivity index (χ3n) is 4.05. The molecule has 138 valence electrons. The molecule has 1 aromatic carbocycles. The van der Waals surface area contributed by atoms with E-state index in [-0.39, 0.29) is 0 Å². The highest BCUT2D eigenvalue weighted by Gasteiger charge is 2.24. The molecule has 1 aromatic rings. The van der Waals surface area contributed by atoms with Gasteiger partial charge in [-0.15, -0.1) is 0 Å². The van der Waals surface area contributed by atoms with Crippen molar-refractivity contribution in [2.24, 2.45) is 5.92 Å². The SMILES string of the molecule is CCC(Oc1ccc2c(c1)CC(CNC(=O)OC(C)(C)C)C2)C(=O)O. The third kappa shape index (κ3) is 5.66. The van der Waals surface area contributed by atoms with Gasteiger partial charge in [0.2, 0.25) is 0 Å². The average Bonchev–Trinajstić information content (AvgIpc) is 2.90. The lowest BCUT2D eigenvalue weighted by Gasteiger charge is -2.20. The van der Waals surface area contributed by atoms with Gasteiger partial charge in [0.05, 0.1) is 0 Å². The van der Waals surface area contributed by atoms with Crippen molar-refractivity contribution in [2.45, 2.75) is 58.7 Å². The first-order valence-electron chi connectivity index (χ1n) is 8.66. The maximum atomic E-state index is 11.8. The number of hydrogen-bond donors (Lipinski definition) is 2. The molecule has 6 nitrogen and oxygen atoms in total. The molecule has 2 N–H and O–H groups in total. The van der Waals surface area contributed by atoms with Crippen molar-refractivity contribution in [3.05, 3.63) is 29.3 Å². The maximum absolute atomic E-state index is 11.8. The first-order chi connectivity index (χ1) is 11.7. The van der Waals surface area contributed by atoms with Crippen LogP contribution in [0, 0.1) is 5.92 Å². The fourth-order valence-corrected chi connectivity index (χ4v) is 2.92. The van der Waals surface area contributed by atoms with E-state index in [1.807, 2.05) is 39.0 Å². The topological polar surface area (TPSA) is 84.9 Å². The van der Waals surface area contributed by atoms with Gasteiger partial charge in [0, 0.05) is 6.54 Å². The van der Waals surface area contributed by atoms with Crippen LogP contribution in [0.25, 0.3) is 0 Å². The predicted octanol–water partition coefficient (Wildman–Crippen LogP) is 3.17. The van der Waals surface area contributed by atoms with Crippen LogP contribution in [-0.2, 0) is 22.4 Å². The molecule has 0 heterocycles. The fraction of sp³-hybridized carbons (Fsp3) is 0.579. The number of aliphatic carboxylic acids is 1. The number of carbonyl (C=O) groups excluding carboxylic acids is 1. The molecule has 0 bridgehead atoms. The second-order valence-electron chi connectivity index (χ2n) is 7.44. The Hall–Kier alpha value is -2.24. The van der Waals surface area contributed by atoms with Crippen molar-refractivity contribution >= 4 is 12.1 Å². The lowest BCUT2D eigenvalue weighted by atomic mass is 10.1. The number of carboxylic acid groups (broad SMARTS) is 1. The zero-order valence-electron chi connectivity index (χ0n) is 15.3. The smallest absolute Gasteiger partial charge is 0.407 e. The monoisotopic (exact) mass is 349 g/mol. The van der Waals surface area contributed by atoms with E-state index < -0.39 is 23.8 Å². The molecule has 0 aliphatic heterocycles. The van der Waals surface area contributed by atoms with Crippen LogP contribution in [0.4, 0.5) is 4.79 Å². The second-order valence-corrected chi connectivity index (χ2v) is 7.44. The van der Waals surface area contributed by atoms with E-state index >= 15 is 0 Å². The number of carboxylic acids is 1. The summed E-state index contributed by atoms with van der Waals surface area (Å²) in [5.41, 5.74) is 1.86. The highest BCUT2D eigenvalue weighted by atomic mass is 16.6. The van der Waals surface area contributed by atoms with Crippen molar-refractivity contribution in [1.29, 1.82) is 0 Å². The minimum absolute atomic E-state index is 0.305. The van der Waals surface area contributed by atoms with Gasteiger partial charge in [-0.05, 0) is 69.2 Å². The normalized spacial score (nSPS) is 17.5. The van der Waals surface area contributed by atoms with E-state index in [0.717, 1.165) is 18.4 Å². The Bertz CT molecular complexity index is 635. The number of fused-ring (bicyclic) bond motifs is 1. The van der Waals surface area contributed by atoms with Crippen LogP contribution in [0.2, 0.25) is 0 Å². The zero-order chi connectivity index (χ0) is 18.6. The lowest BCUT2D eigenvalue weighted by Crippen LogP contribution is -2.35. The van der Waals surface area contributed by atoms with Crippen LogP contribution in [0.3, 0.4) is 0 Å². The van der Waals surface area contributed by atoms with Crippen LogP contribution in [-0.4, -0.2) is 35.4 Å². The van der Waals surface area contributed by atoms with E-state index in [1.54, 1.807) is 6.92 Å². The molecule has 1 amide bonds. The first kappa shape index (κ1) is 19.1. The summed E-state index contributed by atoms with van der Waals surface area (Å²) in [6.45, 7) is 7.83.